The molecular weight excluding hydrogens is 468 g/mol. The van der Waals surface area contributed by atoms with Crippen LogP contribution in [0.4, 0.5) is 0 Å². The molecule has 0 aromatic heterocycles. The molecule has 2 heterocycles. The Labute approximate surface area is 219 Å². The first kappa shape index (κ1) is 26.7. The van der Waals surface area contributed by atoms with Crippen LogP contribution >= 0.6 is 0 Å². The molecule has 0 saturated heterocycles. The van der Waals surface area contributed by atoms with Gasteiger partial charge in [-0.25, -0.2) is 4.99 Å². The number of fused-ring (bicyclic) bond motifs is 1. The predicted octanol–water partition coefficient (Wildman–Crippen LogP) is 4.43. The summed E-state index contributed by atoms with van der Waals surface area (Å²) >= 11 is 0. The van der Waals surface area contributed by atoms with Gasteiger partial charge in [-0.3, -0.25) is 14.5 Å². The molecular formula is C29H38N4O4. The molecule has 4 rings (SSSR count). The van der Waals surface area contributed by atoms with Gasteiger partial charge in [-0.15, -0.1) is 0 Å². The van der Waals surface area contributed by atoms with Gasteiger partial charge in [0.1, 0.15) is 11.4 Å². The van der Waals surface area contributed by atoms with Crippen molar-refractivity contribution in [1.29, 1.82) is 0 Å². The van der Waals surface area contributed by atoms with Gasteiger partial charge in [0.05, 0.1) is 30.7 Å². The zero-order valence-electron chi connectivity index (χ0n) is 22.6. The number of ether oxygens (including phenoxy) is 2. The molecule has 3 N–H and O–H groups in total. The summed E-state index contributed by atoms with van der Waals surface area (Å²) in [5, 5.41) is 3.20. The Balaban J connectivity index is 1.65. The fraction of sp³-hybridized carbons (Fsp3) is 0.483. The number of methoxy groups -OCH3 is 1. The van der Waals surface area contributed by atoms with Crippen LogP contribution in [0, 0.1) is 6.92 Å². The van der Waals surface area contributed by atoms with Gasteiger partial charge in [0, 0.05) is 24.7 Å². The molecule has 0 fully saturated rings. The van der Waals surface area contributed by atoms with Crippen molar-refractivity contribution >= 4 is 17.8 Å². The minimum Gasteiger partial charge on any atom is -0.487 e. The SMILES string of the molecule is CCC1(C)CC(=O)N(C(COC)c2cc(C(=O)NC3CC(C)(C)Oc4ccccc43)ccc2C)C(N)=N1. The van der Waals surface area contributed by atoms with Crippen molar-refractivity contribution in [3.8, 4) is 5.75 Å². The van der Waals surface area contributed by atoms with Gasteiger partial charge >= 0.3 is 0 Å². The van der Waals surface area contributed by atoms with Crippen molar-refractivity contribution in [2.24, 2.45) is 10.7 Å². The minimum atomic E-state index is -0.514. The lowest BCUT2D eigenvalue weighted by molar-refractivity contribution is -0.132. The van der Waals surface area contributed by atoms with E-state index in [1.165, 1.54) is 4.90 Å². The van der Waals surface area contributed by atoms with Gasteiger partial charge in [0.2, 0.25) is 5.91 Å². The number of nitrogens with one attached hydrogen (secondary N) is 1. The number of rotatable bonds is 7. The molecule has 8 nitrogen and oxygen atoms in total. The van der Waals surface area contributed by atoms with E-state index >= 15 is 0 Å². The maximum atomic E-state index is 13.5. The average molecular weight is 507 g/mol. The molecule has 0 spiro atoms. The summed E-state index contributed by atoms with van der Waals surface area (Å²) in [6.07, 6.45) is 1.62. The van der Waals surface area contributed by atoms with Crippen molar-refractivity contribution < 1.29 is 19.1 Å². The molecule has 0 saturated carbocycles. The topological polar surface area (TPSA) is 106 Å². The molecule has 0 bridgehead atoms. The largest absolute Gasteiger partial charge is 0.487 e. The summed E-state index contributed by atoms with van der Waals surface area (Å²) in [5.74, 6) is 0.665. The molecule has 0 radical (unpaired) electrons. The molecule has 8 heteroatoms. The van der Waals surface area contributed by atoms with Crippen molar-refractivity contribution in [2.75, 3.05) is 13.7 Å². The fourth-order valence-electron chi connectivity index (χ4n) is 5.22. The van der Waals surface area contributed by atoms with Crippen LogP contribution in [-0.4, -0.2) is 47.5 Å². The van der Waals surface area contributed by atoms with E-state index in [4.69, 9.17) is 15.2 Å². The Morgan fingerprint density at radius 2 is 2.00 bits per heavy atom. The van der Waals surface area contributed by atoms with Crippen LogP contribution in [-0.2, 0) is 9.53 Å². The number of guanidine groups is 1. The molecule has 2 aliphatic rings. The highest BCUT2D eigenvalue weighted by Gasteiger charge is 2.39. The maximum Gasteiger partial charge on any atom is 0.251 e. The first-order valence-corrected chi connectivity index (χ1v) is 12.8. The number of para-hydroxylation sites is 1. The lowest BCUT2D eigenvalue weighted by Gasteiger charge is -2.39. The monoisotopic (exact) mass is 506 g/mol. The summed E-state index contributed by atoms with van der Waals surface area (Å²) in [4.78, 5) is 32.9. The second-order valence-corrected chi connectivity index (χ2v) is 10.9. The van der Waals surface area contributed by atoms with E-state index in [9.17, 15) is 9.59 Å². The van der Waals surface area contributed by atoms with Crippen molar-refractivity contribution in [3.63, 3.8) is 0 Å². The number of aliphatic imine (C=N–C) groups is 1. The highest BCUT2D eigenvalue weighted by atomic mass is 16.5. The number of hydrogen-bond acceptors (Lipinski definition) is 6. The molecule has 0 aliphatic carbocycles. The highest BCUT2D eigenvalue weighted by Crippen LogP contribution is 2.39. The number of nitrogens with two attached hydrogens (primary N) is 1. The molecule has 2 aromatic carbocycles. The van der Waals surface area contributed by atoms with Crippen LogP contribution in [0.3, 0.4) is 0 Å². The Morgan fingerprint density at radius 1 is 1.27 bits per heavy atom. The Bertz CT molecular complexity index is 1220. The summed E-state index contributed by atoms with van der Waals surface area (Å²) in [7, 11) is 1.58. The summed E-state index contributed by atoms with van der Waals surface area (Å²) < 4.78 is 11.6. The third-order valence-corrected chi connectivity index (χ3v) is 7.41. The molecule has 2 aromatic rings. The number of nitrogens with zero attached hydrogens (tertiary/aromatic N) is 2. The van der Waals surface area contributed by atoms with Crippen molar-refractivity contribution in [2.45, 2.75) is 77.1 Å². The van der Waals surface area contributed by atoms with Crippen LogP contribution in [0.2, 0.25) is 0 Å². The zero-order valence-corrected chi connectivity index (χ0v) is 22.6. The van der Waals surface area contributed by atoms with E-state index in [0.29, 0.717) is 18.4 Å². The summed E-state index contributed by atoms with van der Waals surface area (Å²) in [6.45, 7) is 10.1. The third kappa shape index (κ3) is 5.49. The van der Waals surface area contributed by atoms with Gasteiger partial charge in [-0.1, -0.05) is 31.2 Å². The third-order valence-electron chi connectivity index (χ3n) is 7.41. The van der Waals surface area contributed by atoms with Crippen LogP contribution in [0.1, 0.15) is 86.1 Å². The second kappa shape index (κ2) is 10.2. The first-order chi connectivity index (χ1) is 17.5. The fourth-order valence-corrected chi connectivity index (χ4v) is 5.22. The van der Waals surface area contributed by atoms with Gasteiger partial charge in [-0.05, 0) is 63.4 Å². The molecule has 2 amide bonds. The summed E-state index contributed by atoms with van der Waals surface area (Å²) in [5.41, 5.74) is 8.61. The lowest BCUT2D eigenvalue weighted by Crippen LogP contribution is -2.52. The number of benzene rings is 2. The lowest BCUT2D eigenvalue weighted by atomic mass is 9.89. The maximum absolute atomic E-state index is 13.5. The molecule has 2 aliphatic heterocycles. The Kier molecular flexibility index (Phi) is 7.33. The van der Waals surface area contributed by atoms with Crippen LogP contribution in [0.15, 0.2) is 47.5 Å². The standard InChI is InChI=1S/C29H38N4O4/c1-7-29(5)16-25(34)33(27(30)32-29)23(17-36-6)21-14-19(13-12-18(21)2)26(35)31-22-15-28(3,4)37-24-11-9-8-10-20(22)24/h8-14,22-23H,7,15-17H2,1-6H3,(H2,30,32)(H,31,35). The van der Waals surface area contributed by atoms with Crippen molar-refractivity contribution in [3.05, 3.63) is 64.7 Å². The smallest absolute Gasteiger partial charge is 0.251 e. The number of carbonyl (C=O) groups is 2. The van der Waals surface area contributed by atoms with Crippen LogP contribution in [0.5, 0.6) is 5.75 Å². The normalized spacial score (nSPS) is 23.5. The molecule has 3 unspecified atom stereocenters. The van der Waals surface area contributed by atoms with E-state index in [-0.39, 0.29) is 36.8 Å². The van der Waals surface area contributed by atoms with E-state index in [1.54, 1.807) is 13.2 Å². The highest BCUT2D eigenvalue weighted by molar-refractivity contribution is 6.00. The van der Waals surface area contributed by atoms with E-state index in [1.807, 2.05) is 71.0 Å². The van der Waals surface area contributed by atoms with Gasteiger partial charge in [0.15, 0.2) is 5.96 Å². The summed E-state index contributed by atoms with van der Waals surface area (Å²) in [6, 6.07) is 12.6. The molecule has 37 heavy (non-hydrogen) atoms. The quantitative estimate of drug-likeness (QED) is 0.578. The van der Waals surface area contributed by atoms with Gasteiger partial charge < -0.3 is 20.5 Å². The average Bonchev–Trinajstić information content (AvgIpc) is 2.82. The second-order valence-electron chi connectivity index (χ2n) is 10.9. The zero-order chi connectivity index (χ0) is 27.0. The predicted molar refractivity (Wildman–Crippen MR) is 144 cm³/mol. The number of carbonyl (C=O) groups excluding carboxylic acids is 2. The van der Waals surface area contributed by atoms with Crippen LogP contribution < -0.4 is 15.8 Å². The van der Waals surface area contributed by atoms with E-state index in [2.05, 4.69) is 10.3 Å². The number of aryl methyl sites for hydroxylation is 1. The Morgan fingerprint density at radius 3 is 2.68 bits per heavy atom. The molecule has 198 valence electrons. The number of amides is 2. The van der Waals surface area contributed by atoms with Gasteiger partial charge in [0.25, 0.3) is 5.91 Å². The van der Waals surface area contributed by atoms with E-state index < -0.39 is 17.2 Å². The van der Waals surface area contributed by atoms with Gasteiger partial charge in [-0.2, -0.15) is 0 Å². The van der Waals surface area contributed by atoms with Crippen molar-refractivity contribution in [1.82, 2.24) is 10.2 Å². The molecule has 3 atom stereocenters. The first-order valence-electron chi connectivity index (χ1n) is 12.8. The Hall–Kier alpha value is -3.39. The van der Waals surface area contributed by atoms with Crippen LogP contribution in [0.25, 0.3) is 0 Å². The van der Waals surface area contributed by atoms with E-state index in [0.717, 1.165) is 22.4 Å². The number of hydrogen-bond donors (Lipinski definition) is 2. The minimum absolute atomic E-state index is 0.103.